The van der Waals surface area contributed by atoms with Crippen LogP contribution in [-0.2, 0) is 0 Å². The normalized spacial score (nSPS) is 16.0. The van der Waals surface area contributed by atoms with Crippen molar-refractivity contribution in [1.82, 2.24) is 15.1 Å². The third kappa shape index (κ3) is 3.61. The third-order valence-corrected chi connectivity index (χ3v) is 4.52. The number of hydrogen-bond acceptors (Lipinski definition) is 4. The first-order valence-corrected chi connectivity index (χ1v) is 8.26. The van der Waals surface area contributed by atoms with Crippen molar-refractivity contribution in [3.05, 3.63) is 57.8 Å². The molecule has 1 amide bonds. The van der Waals surface area contributed by atoms with Crippen molar-refractivity contribution in [3.63, 3.8) is 0 Å². The molecule has 132 valence electrons. The molecule has 1 aliphatic rings. The second-order valence-electron chi connectivity index (χ2n) is 6.48. The van der Waals surface area contributed by atoms with Gasteiger partial charge in [-0.2, -0.15) is 5.10 Å². The number of carbonyl (C=O) groups excluding carboxylic acids is 1. The van der Waals surface area contributed by atoms with E-state index in [-0.39, 0.29) is 17.9 Å². The zero-order chi connectivity index (χ0) is 18.0. The van der Waals surface area contributed by atoms with Crippen molar-refractivity contribution < 1.29 is 14.3 Å². The first-order valence-electron chi connectivity index (χ1n) is 8.26. The lowest BCUT2D eigenvalue weighted by atomic mass is 10.0. The van der Waals surface area contributed by atoms with Gasteiger partial charge in [0.15, 0.2) is 5.69 Å². The maximum atomic E-state index is 14.0. The van der Waals surface area contributed by atoms with E-state index in [2.05, 4.69) is 10.4 Å². The molecule has 1 fully saturated rings. The van der Waals surface area contributed by atoms with Crippen LogP contribution >= 0.6 is 0 Å². The first kappa shape index (κ1) is 17.3. The number of benzene rings is 1. The molecule has 3 rings (SSSR count). The topological polar surface area (TPSA) is 84.2 Å². The summed E-state index contributed by atoms with van der Waals surface area (Å²) in [5.41, 5.74) is -1.22. The van der Waals surface area contributed by atoms with Gasteiger partial charge >= 0.3 is 0 Å². The maximum Gasteiger partial charge on any atom is 0.275 e. The Hall–Kier alpha value is -2.54. The van der Waals surface area contributed by atoms with E-state index in [0.717, 1.165) is 12.8 Å². The van der Waals surface area contributed by atoms with Crippen LogP contribution in [-0.4, -0.2) is 32.9 Å². The van der Waals surface area contributed by atoms with E-state index < -0.39 is 22.8 Å². The minimum absolute atomic E-state index is 0.0700. The highest BCUT2D eigenvalue weighted by molar-refractivity contribution is 5.92. The van der Waals surface area contributed by atoms with E-state index in [1.165, 1.54) is 22.9 Å². The molecule has 0 saturated heterocycles. The monoisotopic (exact) mass is 345 g/mol. The number of aromatic nitrogens is 2. The summed E-state index contributed by atoms with van der Waals surface area (Å²) < 4.78 is 15.3. The standard InChI is InChI=1S/C18H20FN3O3/c1-12-10-15(23)16(17(24)20-11-18(25)8-4-5-9-18)21-22(12)14-7-3-2-6-13(14)19/h2-3,6-7,10,25H,4-5,8-9,11H2,1H3,(H,20,24). The number of aliphatic hydroxyl groups is 1. The predicted octanol–water partition coefficient (Wildman–Crippen LogP) is 1.71. The van der Waals surface area contributed by atoms with Gasteiger partial charge in [-0.05, 0) is 31.9 Å². The molecule has 1 saturated carbocycles. The van der Waals surface area contributed by atoms with Crippen LogP contribution in [0.4, 0.5) is 4.39 Å². The molecule has 0 bridgehead atoms. The molecule has 0 atom stereocenters. The number of carbonyl (C=O) groups is 1. The highest BCUT2D eigenvalue weighted by atomic mass is 19.1. The summed E-state index contributed by atoms with van der Waals surface area (Å²) in [6, 6.07) is 7.24. The van der Waals surface area contributed by atoms with Crippen LogP contribution in [0.5, 0.6) is 0 Å². The van der Waals surface area contributed by atoms with Gasteiger partial charge in [-0.3, -0.25) is 9.59 Å². The fraction of sp³-hybridized carbons (Fsp3) is 0.389. The van der Waals surface area contributed by atoms with Gasteiger partial charge in [0.2, 0.25) is 5.43 Å². The Morgan fingerprint density at radius 2 is 2.04 bits per heavy atom. The van der Waals surface area contributed by atoms with Crippen molar-refractivity contribution in [2.24, 2.45) is 0 Å². The highest BCUT2D eigenvalue weighted by Crippen LogP contribution is 2.28. The fourth-order valence-corrected chi connectivity index (χ4v) is 3.11. The Morgan fingerprint density at radius 1 is 1.36 bits per heavy atom. The van der Waals surface area contributed by atoms with Gasteiger partial charge in [0.1, 0.15) is 11.5 Å². The summed E-state index contributed by atoms with van der Waals surface area (Å²) in [5, 5.41) is 16.9. The maximum absolute atomic E-state index is 14.0. The lowest BCUT2D eigenvalue weighted by Crippen LogP contribution is -2.42. The summed E-state index contributed by atoms with van der Waals surface area (Å²) in [4.78, 5) is 24.5. The molecular weight excluding hydrogens is 325 g/mol. The molecule has 7 heteroatoms. The Morgan fingerprint density at radius 3 is 2.72 bits per heavy atom. The van der Waals surface area contributed by atoms with Gasteiger partial charge in [-0.1, -0.05) is 25.0 Å². The van der Waals surface area contributed by atoms with Gasteiger partial charge in [-0.15, -0.1) is 0 Å². The molecule has 25 heavy (non-hydrogen) atoms. The number of rotatable bonds is 4. The molecule has 1 aliphatic carbocycles. The first-order chi connectivity index (χ1) is 11.9. The predicted molar refractivity (Wildman–Crippen MR) is 90.3 cm³/mol. The second kappa shape index (κ2) is 6.76. The minimum Gasteiger partial charge on any atom is -0.388 e. The van der Waals surface area contributed by atoms with Gasteiger partial charge in [0.25, 0.3) is 5.91 Å². The number of nitrogens with zero attached hydrogens (tertiary/aromatic N) is 2. The minimum atomic E-state index is -0.926. The number of aryl methyl sites for hydroxylation is 1. The molecule has 1 aromatic heterocycles. The van der Waals surface area contributed by atoms with Crippen molar-refractivity contribution in [1.29, 1.82) is 0 Å². The quantitative estimate of drug-likeness (QED) is 0.884. The Bertz CT molecular complexity index is 857. The number of halogens is 1. The third-order valence-electron chi connectivity index (χ3n) is 4.52. The van der Waals surface area contributed by atoms with Crippen LogP contribution in [0.15, 0.2) is 35.1 Å². The van der Waals surface area contributed by atoms with Crippen LogP contribution in [0, 0.1) is 12.7 Å². The lowest BCUT2D eigenvalue weighted by Gasteiger charge is -2.22. The molecule has 1 aromatic carbocycles. The largest absolute Gasteiger partial charge is 0.388 e. The van der Waals surface area contributed by atoms with Crippen molar-refractivity contribution in [2.45, 2.75) is 38.2 Å². The number of amides is 1. The molecular formula is C18H20FN3O3. The van der Waals surface area contributed by atoms with Gasteiger partial charge < -0.3 is 10.4 Å². The van der Waals surface area contributed by atoms with Crippen LogP contribution in [0.2, 0.25) is 0 Å². The average molecular weight is 345 g/mol. The van der Waals surface area contributed by atoms with Crippen molar-refractivity contribution >= 4 is 5.91 Å². The second-order valence-corrected chi connectivity index (χ2v) is 6.48. The smallest absolute Gasteiger partial charge is 0.275 e. The molecule has 1 heterocycles. The summed E-state index contributed by atoms with van der Waals surface area (Å²) in [6.07, 6.45) is 3.06. The average Bonchev–Trinajstić information content (AvgIpc) is 3.01. The van der Waals surface area contributed by atoms with E-state index in [1.807, 2.05) is 0 Å². The van der Waals surface area contributed by atoms with Crippen molar-refractivity contribution in [2.75, 3.05) is 6.54 Å². The molecule has 0 radical (unpaired) electrons. The summed E-state index contributed by atoms with van der Waals surface area (Å²) in [6.45, 7) is 1.68. The summed E-state index contributed by atoms with van der Waals surface area (Å²) in [5.74, 6) is -1.18. The number of nitrogens with one attached hydrogen (secondary N) is 1. The molecule has 2 N–H and O–H groups in total. The number of para-hydroxylation sites is 1. The molecule has 0 aliphatic heterocycles. The van der Waals surface area contributed by atoms with Crippen LogP contribution < -0.4 is 10.7 Å². The summed E-state index contributed by atoms with van der Waals surface area (Å²) in [7, 11) is 0. The van der Waals surface area contributed by atoms with E-state index in [9.17, 15) is 19.1 Å². The zero-order valence-electron chi connectivity index (χ0n) is 14.0. The van der Waals surface area contributed by atoms with Gasteiger partial charge in [0.05, 0.1) is 5.60 Å². The summed E-state index contributed by atoms with van der Waals surface area (Å²) >= 11 is 0. The van der Waals surface area contributed by atoms with E-state index in [1.54, 1.807) is 19.1 Å². The van der Waals surface area contributed by atoms with Crippen LogP contribution in [0.3, 0.4) is 0 Å². The van der Waals surface area contributed by atoms with Gasteiger partial charge in [-0.25, -0.2) is 9.07 Å². The Balaban J connectivity index is 1.89. The van der Waals surface area contributed by atoms with E-state index in [0.29, 0.717) is 18.5 Å². The van der Waals surface area contributed by atoms with E-state index >= 15 is 0 Å². The SMILES string of the molecule is Cc1cc(=O)c(C(=O)NCC2(O)CCCC2)nn1-c1ccccc1F. The van der Waals surface area contributed by atoms with Crippen LogP contribution in [0.1, 0.15) is 41.9 Å². The molecule has 6 nitrogen and oxygen atoms in total. The van der Waals surface area contributed by atoms with Gasteiger partial charge in [0, 0.05) is 18.3 Å². The number of hydrogen-bond donors (Lipinski definition) is 2. The molecule has 0 spiro atoms. The van der Waals surface area contributed by atoms with E-state index in [4.69, 9.17) is 0 Å². The highest BCUT2D eigenvalue weighted by Gasteiger charge is 2.31. The Labute approximate surface area is 144 Å². The van der Waals surface area contributed by atoms with Crippen LogP contribution in [0.25, 0.3) is 5.69 Å². The molecule has 2 aromatic rings. The van der Waals surface area contributed by atoms with Crippen molar-refractivity contribution in [3.8, 4) is 5.69 Å². The lowest BCUT2D eigenvalue weighted by molar-refractivity contribution is 0.0448. The molecule has 0 unspecified atom stereocenters. The Kier molecular flexibility index (Phi) is 4.67. The fourth-order valence-electron chi connectivity index (χ4n) is 3.11. The zero-order valence-corrected chi connectivity index (χ0v) is 14.0.